The molecular weight excluding hydrogens is 480 g/mol. The van der Waals surface area contributed by atoms with Gasteiger partial charge in [0.15, 0.2) is 11.2 Å². The number of hydrogen-bond donors (Lipinski definition) is 4. The minimum absolute atomic E-state index is 0.148. The predicted octanol–water partition coefficient (Wildman–Crippen LogP) is 3.27. The van der Waals surface area contributed by atoms with Crippen molar-refractivity contribution < 1.29 is 23.9 Å². The summed E-state index contributed by atoms with van der Waals surface area (Å²) in [6.45, 7) is 3.24. The standard InChI is InChI=1S/C21H22N6O5S2/c1-21(2)31-13(18(29)32-21)8-14(28)24-11-6-4-5-10(7-11)12-9-33-17(25-12)15-16(22)26-20(34-15)27-19(30)23-3/h4-7,9,13H,8,22H2,1-3H3,(H,24,28)(H2,23,26,27,30)/t13-/m1/s1. The van der Waals surface area contributed by atoms with Crippen molar-refractivity contribution in [2.75, 3.05) is 23.4 Å². The van der Waals surface area contributed by atoms with Gasteiger partial charge in [-0.1, -0.05) is 23.5 Å². The van der Waals surface area contributed by atoms with Crippen LogP contribution in [0.5, 0.6) is 0 Å². The third-order valence-electron chi connectivity index (χ3n) is 4.65. The number of nitrogens with one attached hydrogen (secondary N) is 3. The maximum Gasteiger partial charge on any atom is 0.338 e. The van der Waals surface area contributed by atoms with Gasteiger partial charge in [-0.3, -0.25) is 10.1 Å². The van der Waals surface area contributed by atoms with E-state index >= 15 is 0 Å². The minimum Gasteiger partial charge on any atom is -0.432 e. The number of amides is 3. The molecule has 0 aliphatic carbocycles. The zero-order valence-electron chi connectivity index (χ0n) is 18.5. The molecule has 0 unspecified atom stereocenters. The van der Waals surface area contributed by atoms with Crippen molar-refractivity contribution in [2.24, 2.45) is 0 Å². The summed E-state index contributed by atoms with van der Waals surface area (Å²) in [5.74, 6) is -1.69. The van der Waals surface area contributed by atoms with Crippen LogP contribution in [-0.4, -0.2) is 46.8 Å². The molecule has 1 saturated heterocycles. The Bertz CT molecular complexity index is 1250. The van der Waals surface area contributed by atoms with E-state index in [1.54, 1.807) is 32.0 Å². The highest BCUT2D eigenvalue weighted by Crippen LogP contribution is 2.38. The SMILES string of the molecule is CNC(=O)Nc1nc(N)c(-c2nc(-c3cccc(NC(=O)C[C@H]4OC(C)(C)OC4=O)c3)cs2)s1. The Morgan fingerprint density at radius 2 is 2.03 bits per heavy atom. The highest BCUT2D eigenvalue weighted by atomic mass is 32.1. The van der Waals surface area contributed by atoms with Gasteiger partial charge in [-0.15, -0.1) is 11.3 Å². The lowest BCUT2D eigenvalue weighted by molar-refractivity contribution is -0.160. The number of ether oxygens (including phenoxy) is 2. The van der Waals surface area contributed by atoms with Gasteiger partial charge in [-0.25, -0.2) is 19.6 Å². The zero-order valence-corrected chi connectivity index (χ0v) is 20.1. The lowest BCUT2D eigenvalue weighted by Crippen LogP contribution is -2.26. The van der Waals surface area contributed by atoms with Crippen LogP contribution in [0.4, 0.5) is 21.4 Å². The Morgan fingerprint density at radius 1 is 1.24 bits per heavy atom. The number of aromatic nitrogens is 2. The van der Waals surface area contributed by atoms with Gasteiger partial charge in [0, 0.05) is 37.5 Å². The van der Waals surface area contributed by atoms with Crippen molar-refractivity contribution in [2.45, 2.75) is 32.2 Å². The fourth-order valence-corrected chi connectivity index (χ4v) is 5.00. The molecule has 0 saturated carbocycles. The fraction of sp³-hybridized carbons (Fsp3) is 0.286. The maximum absolute atomic E-state index is 12.4. The Labute approximate surface area is 202 Å². The second kappa shape index (κ2) is 9.37. The zero-order chi connectivity index (χ0) is 24.5. The molecule has 3 aromatic rings. The molecule has 1 aromatic carbocycles. The van der Waals surface area contributed by atoms with Crippen molar-refractivity contribution in [3.8, 4) is 21.1 Å². The molecule has 13 heteroatoms. The number of carbonyl (C=O) groups is 3. The molecule has 1 aliphatic rings. The number of anilines is 3. The van der Waals surface area contributed by atoms with Crippen LogP contribution in [0.2, 0.25) is 0 Å². The molecule has 0 radical (unpaired) electrons. The van der Waals surface area contributed by atoms with Gasteiger partial charge in [0.2, 0.25) is 11.7 Å². The highest BCUT2D eigenvalue weighted by molar-refractivity contribution is 7.23. The van der Waals surface area contributed by atoms with Gasteiger partial charge >= 0.3 is 12.0 Å². The van der Waals surface area contributed by atoms with Crippen LogP contribution < -0.4 is 21.7 Å². The molecule has 2 aromatic heterocycles. The third-order valence-corrected chi connectivity index (χ3v) is 6.63. The van der Waals surface area contributed by atoms with Gasteiger partial charge in [0.1, 0.15) is 15.7 Å². The largest absolute Gasteiger partial charge is 0.432 e. The fourth-order valence-electron chi connectivity index (χ4n) is 3.19. The number of cyclic esters (lactones) is 1. The van der Waals surface area contributed by atoms with E-state index in [-0.39, 0.29) is 24.2 Å². The van der Waals surface area contributed by atoms with Gasteiger partial charge < -0.3 is 25.8 Å². The molecule has 0 spiro atoms. The lowest BCUT2D eigenvalue weighted by Gasteiger charge is -2.15. The highest BCUT2D eigenvalue weighted by Gasteiger charge is 2.41. The number of esters is 1. The first-order valence-corrected chi connectivity index (χ1v) is 11.8. The number of hydrogen-bond acceptors (Lipinski definition) is 10. The Morgan fingerprint density at radius 3 is 2.74 bits per heavy atom. The lowest BCUT2D eigenvalue weighted by atomic mass is 10.1. The van der Waals surface area contributed by atoms with E-state index in [1.807, 2.05) is 11.4 Å². The summed E-state index contributed by atoms with van der Waals surface area (Å²) in [4.78, 5) is 45.3. The molecule has 5 N–H and O–H groups in total. The van der Waals surface area contributed by atoms with Crippen LogP contribution in [0, 0.1) is 0 Å². The summed E-state index contributed by atoms with van der Waals surface area (Å²) in [5, 5.41) is 10.7. The molecule has 4 rings (SSSR count). The number of thiazole rings is 2. The molecule has 178 valence electrons. The molecule has 3 heterocycles. The van der Waals surface area contributed by atoms with Crippen molar-refractivity contribution >= 4 is 57.2 Å². The van der Waals surface area contributed by atoms with Crippen LogP contribution in [-0.2, 0) is 19.1 Å². The van der Waals surface area contributed by atoms with Gasteiger partial charge in [0.05, 0.1) is 12.1 Å². The summed E-state index contributed by atoms with van der Waals surface area (Å²) in [6, 6.07) is 6.79. The minimum atomic E-state index is -1.04. The Hall–Kier alpha value is -3.55. The summed E-state index contributed by atoms with van der Waals surface area (Å²) >= 11 is 2.61. The molecule has 1 fully saturated rings. The topological polar surface area (TPSA) is 158 Å². The van der Waals surface area contributed by atoms with Crippen molar-refractivity contribution in [3.05, 3.63) is 29.6 Å². The number of nitrogens with two attached hydrogens (primary N) is 1. The molecule has 1 atom stereocenters. The van der Waals surface area contributed by atoms with E-state index in [4.69, 9.17) is 15.2 Å². The number of nitrogen functional groups attached to an aromatic ring is 1. The van der Waals surface area contributed by atoms with Crippen LogP contribution in [0.3, 0.4) is 0 Å². The summed E-state index contributed by atoms with van der Waals surface area (Å²) in [6.07, 6.45) is -1.09. The second-order valence-electron chi connectivity index (χ2n) is 7.74. The van der Waals surface area contributed by atoms with E-state index in [9.17, 15) is 14.4 Å². The van der Waals surface area contributed by atoms with E-state index < -0.39 is 17.9 Å². The van der Waals surface area contributed by atoms with Crippen LogP contribution in [0.15, 0.2) is 29.6 Å². The van der Waals surface area contributed by atoms with Crippen molar-refractivity contribution in [1.29, 1.82) is 0 Å². The molecule has 3 amide bonds. The van der Waals surface area contributed by atoms with Crippen LogP contribution in [0.25, 0.3) is 21.1 Å². The van der Waals surface area contributed by atoms with Crippen molar-refractivity contribution in [1.82, 2.24) is 15.3 Å². The molecular formula is C21H22N6O5S2. The van der Waals surface area contributed by atoms with E-state index in [0.717, 1.165) is 5.56 Å². The Kier molecular flexibility index (Phi) is 6.50. The smallest absolute Gasteiger partial charge is 0.338 e. The van der Waals surface area contributed by atoms with Crippen molar-refractivity contribution in [3.63, 3.8) is 0 Å². The van der Waals surface area contributed by atoms with Crippen LogP contribution in [0.1, 0.15) is 20.3 Å². The van der Waals surface area contributed by atoms with Gasteiger partial charge in [-0.2, -0.15) is 0 Å². The molecule has 1 aliphatic heterocycles. The number of carbonyl (C=O) groups excluding carboxylic acids is 3. The molecule has 11 nitrogen and oxygen atoms in total. The average molecular weight is 503 g/mol. The first-order chi connectivity index (χ1) is 16.1. The number of rotatable bonds is 6. The quantitative estimate of drug-likeness (QED) is 0.374. The first kappa shape index (κ1) is 23.6. The molecule has 0 bridgehead atoms. The summed E-state index contributed by atoms with van der Waals surface area (Å²) < 4.78 is 10.5. The van der Waals surface area contributed by atoms with E-state index in [2.05, 4.69) is 25.9 Å². The monoisotopic (exact) mass is 502 g/mol. The number of nitrogens with zero attached hydrogens (tertiary/aromatic N) is 2. The Balaban J connectivity index is 1.45. The van der Waals surface area contributed by atoms with Crippen LogP contribution >= 0.6 is 22.7 Å². The predicted molar refractivity (Wildman–Crippen MR) is 129 cm³/mol. The summed E-state index contributed by atoms with van der Waals surface area (Å²) in [7, 11) is 1.51. The third kappa shape index (κ3) is 5.32. The van der Waals surface area contributed by atoms with Gasteiger partial charge in [-0.05, 0) is 12.1 Å². The first-order valence-electron chi connectivity index (χ1n) is 10.2. The van der Waals surface area contributed by atoms with E-state index in [1.165, 1.54) is 29.7 Å². The summed E-state index contributed by atoms with van der Waals surface area (Å²) in [5.41, 5.74) is 8.04. The number of benzene rings is 1. The maximum atomic E-state index is 12.4. The normalized spacial score (nSPS) is 16.7. The average Bonchev–Trinajstić information content (AvgIpc) is 3.45. The second-order valence-corrected chi connectivity index (χ2v) is 9.59. The van der Waals surface area contributed by atoms with E-state index in [0.29, 0.717) is 26.4 Å². The van der Waals surface area contributed by atoms with Gasteiger partial charge in [0.25, 0.3) is 0 Å². The molecule has 34 heavy (non-hydrogen) atoms. The number of urea groups is 1.